The molecule has 0 aliphatic rings. The molecule has 0 heterocycles. The van der Waals surface area contributed by atoms with Crippen LogP contribution in [0.15, 0.2) is 0 Å². The van der Waals surface area contributed by atoms with Crippen molar-refractivity contribution < 1.29 is 52.2 Å². The van der Waals surface area contributed by atoms with E-state index in [0.717, 1.165) is 0 Å². The minimum absolute atomic E-state index is 0. The molecule has 0 aliphatic carbocycles. The van der Waals surface area contributed by atoms with Crippen molar-refractivity contribution in [3.63, 3.8) is 0 Å². The smallest absolute Gasteiger partial charge is 0.438 e. The van der Waals surface area contributed by atoms with Crippen LogP contribution >= 0.6 is 0 Å². The standard InChI is InChI=1S/C6H12O6.C6H14O5.6CH4/c1-8-3-10-4-11-5-12-6(7)9-2;1-7-3-9-5-11-6-10-4-8-2;;;;;;/h3-5H2,1-2H3;3-6H2,1-2H3;6*1H4. The van der Waals surface area contributed by atoms with Gasteiger partial charge in [0.15, 0.2) is 27.2 Å². The first-order valence-electron chi connectivity index (χ1n) is 6.29. The maximum Gasteiger partial charge on any atom is 0.510 e. The van der Waals surface area contributed by atoms with E-state index in [1.54, 1.807) is 14.2 Å². The van der Waals surface area contributed by atoms with Crippen LogP contribution in [-0.2, 0) is 47.4 Å². The van der Waals surface area contributed by atoms with Crippen LogP contribution in [0.1, 0.15) is 44.6 Å². The van der Waals surface area contributed by atoms with Crippen LogP contribution in [0.4, 0.5) is 4.79 Å². The molecule has 0 aromatic carbocycles. The molecule has 0 saturated carbocycles. The maximum atomic E-state index is 10.3. The molecule has 11 nitrogen and oxygen atoms in total. The lowest BCUT2D eigenvalue weighted by atomic mass is 11.2. The Hall–Kier alpha value is -1.05. The average Bonchev–Trinajstić information content (AvgIpc) is 2.57. The van der Waals surface area contributed by atoms with Gasteiger partial charge in [-0.05, 0) is 0 Å². The minimum atomic E-state index is -0.790. The number of carbonyl (C=O) groups is 1. The van der Waals surface area contributed by atoms with Crippen LogP contribution in [0.25, 0.3) is 0 Å². The van der Waals surface area contributed by atoms with Gasteiger partial charge in [0.05, 0.1) is 7.11 Å². The second kappa shape index (κ2) is 50.5. The largest absolute Gasteiger partial charge is 0.510 e. The highest BCUT2D eigenvalue weighted by Crippen LogP contribution is 1.84. The quantitative estimate of drug-likeness (QED) is 0.218. The minimum Gasteiger partial charge on any atom is -0.438 e. The first-order valence-corrected chi connectivity index (χ1v) is 6.29. The van der Waals surface area contributed by atoms with Gasteiger partial charge in [0.25, 0.3) is 0 Å². The Kier molecular flexibility index (Phi) is 88.9. The summed E-state index contributed by atoms with van der Waals surface area (Å²) in [6.45, 7) is 0.725. The third-order valence-corrected chi connectivity index (χ3v) is 1.53. The lowest BCUT2D eigenvalue weighted by Crippen LogP contribution is -2.10. The Balaban J connectivity index is -0.0000000421. The summed E-state index contributed by atoms with van der Waals surface area (Å²) in [5.74, 6) is 0. The number of rotatable bonds is 14. The summed E-state index contributed by atoms with van der Waals surface area (Å²) in [5, 5.41) is 0. The summed E-state index contributed by atoms with van der Waals surface area (Å²) in [6.07, 6.45) is -0.790. The van der Waals surface area contributed by atoms with Crippen molar-refractivity contribution in [1.29, 1.82) is 0 Å². The first kappa shape index (κ1) is 51.0. The van der Waals surface area contributed by atoms with Gasteiger partial charge in [-0.3, -0.25) is 0 Å². The van der Waals surface area contributed by atoms with Crippen LogP contribution in [0.3, 0.4) is 0 Å². The van der Waals surface area contributed by atoms with Gasteiger partial charge >= 0.3 is 6.16 Å². The lowest BCUT2D eigenvalue weighted by Gasteiger charge is -2.04. The van der Waals surface area contributed by atoms with Gasteiger partial charge in [0.1, 0.15) is 20.4 Å². The Morgan fingerprint density at radius 2 is 0.759 bits per heavy atom. The second-order valence-corrected chi connectivity index (χ2v) is 3.31. The Bertz CT molecular complexity index is 224. The third-order valence-electron chi connectivity index (χ3n) is 1.53. The van der Waals surface area contributed by atoms with E-state index in [9.17, 15) is 4.79 Å². The topological polar surface area (TPSA) is 109 Å². The molecular weight excluding hydrogens is 392 g/mol. The number of ether oxygens (including phenoxy) is 10. The molecule has 0 saturated heterocycles. The van der Waals surface area contributed by atoms with E-state index < -0.39 is 6.16 Å². The Morgan fingerprint density at radius 3 is 1.03 bits per heavy atom. The molecule has 0 aromatic heterocycles. The number of hydrogen-bond acceptors (Lipinski definition) is 11. The summed E-state index contributed by atoms with van der Waals surface area (Å²) in [6, 6.07) is 0. The zero-order valence-corrected chi connectivity index (χ0v) is 13.9. The van der Waals surface area contributed by atoms with E-state index >= 15 is 0 Å². The summed E-state index contributed by atoms with van der Waals surface area (Å²) in [7, 11) is 5.79. The SMILES string of the molecule is C.C.C.C.C.C.COCOCOCOC(=O)OC.COCOCOCOCOC. The predicted octanol–water partition coefficient (Wildman–Crippen LogP) is 4.30. The van der Waals surface area contributed by atoms with Crippen LogP contribution in [0.5, 0.6) is 0 Å². The molecule has 0 spiro atoms. The highest BCUT2D eigenvalue weighted by Gasteiger charge is 1.98. The highest BCUT2D eigenvalue weighted by molar-refractivity contribution is 5.59. The van der Waals surface area contributed by atoms with Crippen molar-refractivity contribution in [3.8, 4) is 0 Å². The average molecular weight is 443 g/mol. The molecule has 0 bridgehead atoms. The molecule has 0 unspecified atom stereocenters. The Labute approximate surface area is 179 Å². The maximum absolute atomic E-state index is 10.3. The van der Waals surface area contributed by atoms with Gasteiger partial charge in [0, 0.05) is 21.3 Å². The normalized spacial score (nSPS) is 7.86. The number of carbonyl (C=O) groups excluding carboxylic acids is 1. The fourth-order valence-electron chi connectivity index (χ4n) is 0.746. The number of methoxy groups -OCH3 is 4. The van der Waals surface area contributed by atoms with Gasteiger partial charge in [-0.15, -0.1) is 0 Å². The van der Waals surface area contributed by atoms with Crippen molar-refractivity contribution in [2.45, 2.75) is 44.6 Å². The van der Waals surface area contributed by atoms with Crippen molar-refractivity contribution in [2.24, 2.45) is 0 Å². The summed E-state index contributed by atoms with van der Waals surface area (Å²) < 4.78 is 46.1. The van der Waals surface area contributed by atoms with Crippen molar-refractivity contribution >= 4 is 6.16 Å². The fraction of sp³-hybridized carbons (Fsp3) is 0.944. The molecular formula is C18H50O11. The van der Waals surface area contributed by atoms with Gasteiger partial charge < -0.3 is 47.4 Å². The van der Waals surface area contributed by atoms with Gasteiger partial charge in [0.2, 0.25) is 0 Å². The molecule has 0 rings (SSSR count). The van der Waals surface area contributed by atoms with E-state index in [2.05, 4.69) is 28.4 Å². The lowest BCUT2D eigenvalue weighted by molar-refractivity contribution is -0.184. The second-order valence-electron chi connectivity index (χ2n) is 3.31. The first-order chi connectivity index (χ1) is 11.2. The fourth-order valence-corrected chi connectivity index (χ4v) is 0.746. The zero-order valence-electron chi connectivity index (χ0n) is 13.9. The molecule has 0 amide bonds. The molecule has 29 heavy (non-hydrogen) atoms. The van der Waals surface area contributed by atoms with E-state index in [4.69, 9.17) is 18.9 Å². The van der Waals surface area contributed by atoms with Crippen LogP contribution in [-0.4, -0.2) is 82.1 Å². The van der Waals surface area contributed by atoms with Crippen molar-refractivity contribution in [2.75, 3.05) is 76.0 Å². The molecule has 188 valence electrons. The molecule has 0 radical (unpaired) electrons. The monoisotopic (exact) mass is 442 g/mol. The Morgan fingerprint density at radius 1 is 0.483 bits per heavy atom. The van der Waals surface area contributed by atoms with Crippen LogP contribution < -0.4 is 0 Å². The van der Waals surface area contributed by atoms with Gasteiger partial charge in [-0.25, -0.2) is 4.79 Å². The molecule has 0 N–H and O–H groups in total. The molecule has 0 aliphatic heterocycles. The molecule has 0 fully saturated rings. The van der Waals surface area contributed by atoms with Crippen molar-refractivity contribution in [3.05, 3.63) is 0 Å². The van der Waals surface area contributed by atoms with E-state index in [0.29, 0.717) is 0 Å². The molecule has 0 aromatic rings. The molecule has 11 heteroatoms. The van der Waals surface area contributed by atoms with Crippen LogP contribution in [0.2, 0.25) is 0 Å². The van der Waals surface area contributed by atoms with E-state index in [1.807, 2.05) is 0 Å². The van der Waals surface area contributed by atoms with Crippen LogP contribution in [0, 0.1) is 0 Å². The summed E-state index contributed by atoms with van der Waals surface area (Å²) in [4.78, 5) is 10.3. The highest BCUT2D eigenvalue weighted by atomic mass is 16.8. The van der Waals surface area contributed by atoms with Gasteiger partial charge in [-0.1, -0.05) is 44.6 Å². The summed E-state index contributed by atoms with van der Waals surface area (Å²) >= 11 is 0. The zero-order chi connectivity index (χ0) is 17.6. The number of hydrogen-bond donors (Lipinski definition) is 0. The predicted molar refractivity (Wildman–Crippen MR) is 114 cm³/mol. The summed E-state index contributed by atoms with van der Waals surface area (Å²) in [5.41, 5.74) is 0. The third kappa shape index (κ3) is 58.4. The molecule has 0 atom stereocenters. The van der Waals surface area contributed by atoms with E-state index in [-0.39, 0.29) is 92.1 Å². The van der Waals surface area contributed by atoms with E-state index in [1.165, 1.54) is 14.2 Å². The van der Waals surface area contributed by atoms with Gasteiger partial charge in [-0.2, -0.15) is 0 Å². The van der Waals surface area contributed by atoms with Crippen molar-refractivity contribution in [1.82, 2.24) is 0 Å².